The van der Waals surface area contributed by atoms with Gasteiger partial charge in [-0.3, -0.25) is 14.5 Å². The fraction of sp³-hybridized carbons (Fsp3) is 0.115. The maximum atomic E-state index is 12.8. The Hall–Kier alpha value is -4.17. The maximum Gasteiger partial charge on any atom is 0.265 e. The lowest BCUT2D eigenvalue weighted by molar-refractivity contribution is -0.123. The summed E-state index contributed by atoms with van der Waals surface area (Å²) in [6, 6.07) is 22.6. The van der Waals surface area contributed by atoms with Crippen molar-refractivity contribution < 1.29 is 19.1 Å². The third kappa shape index (κ3) is 4.35. The molecular weight excluding hydrogens is 450 g/mol. The largest absolute Gasteiger partial charge is 0.495 e. The topological polar surface area (TPSA) is 80.8 Å². The van der Waals surface area contributed by atoms with Gasteiger partial charge in [-0.05, 0) is 30.3 Å². The second kappa shape index (κ2) is 9.36. The van der Waals surface area contributed by atoms with Crippen molar-refractivity contribution in [3.05, 3.63) is 78.2 Å². The number of carbonyl (C=O) groups excluding carboxylic acids is 2. The van der Waals surface area contributed by atoms with E-state index in [1.54, 1.807) is 29.5 Å². The molecule has 8 heteroatoms. The average Bonchev–Trinajstić information content (AvgIpc) is 3.37. The molecule has 1 N–H and O–H groups in total. The van der Waals surface area contributed by atoms with Gasteiger partial charge in [0.1, 0.15) is 23.1 Å². The smallest absolute Gasteiger partial charge is 0.265 e. The molecule has 2 heterocycles. The Balaban J connectivity index is 1.40. The van der Waals surface area contributed by atoms with Gasteiger partial charge in [0.05, 0.1) is 24.2 Å². The number of nitrogens with one attached hydrogen (secondary N) is 1. The normalized spacial score (nSPS) is 12.6. The van der Waals surface area contributed by atoms with E-state index in [2.05, 4.69) is 5.32 Å². The number of hydrogen-bond donors (Lipinski definition) is 1. The van der Waals surface area contributed by atoms with Gasteiger partial charge in [-0.1, -0.05) is 42.5 Å². The van der Waals surface area contributed by atoms with E-state index in [0.717, 1.165) is 21.8 Å². The Morgan fingerprint density at radius 3 is 2.71 bits per heavy atom. The Kier molecular flexibility index (Phi) is 5.97. The van der Waals surface area contributed by atoms with Crippen molar-refractivity contribution in [2.24, 2.45) is 0 Å². The molecule has 34 heavy (non-hydrogen) atoms. The summed E-state index contributed by atoms with van der Waals surface area (Å²) in [6.07, 6.45) is 0. The molecule has 1 aliphatic rings. The molecule has 0 radical (unpaired) electrons. The van der Waals surface area contributed by atoms with Gasteiger partial charge in [0.25, 0.3) is 5.91 Å². The first-order valence-electron chi connectivity index (χ1n) is 10.6. The van der Waals surface area contributed by atoms with Gasteiger partial charge < -0.3 is 14.8 Å². The van der Waals surface area contributed by atoms with Crippen molar-refractivity contribution >= 4 is 34.5 Å². The number of carbonyl (C=O) groups is 2. The van der Waals surface area contributed by atoms with Gasteiger partial charge >= 0.3 is 0 Å². The summed E-state index contributed by atoms with van der Waals surface area (Å²) >= 11 is 1.55. The minimum absolute atomic E-state index is 0.122. The van der Waals surface area contributed by atoms with Crippen LogP contribution in [0.2, 0.25) is 0 Å². The number of thiazole rings is 1. The number of hydrogen-bond acceptors (Lipinski definition) is 6. The summed E-state index contributed by atoms with van der Waals surface area (Å²) in [7, 11) is 1.54. The summed E-state index contributed by atoms with van der Waals surface area (Å²) in [5, 5.41) is 5.71. The van der Waals surface area contributed by atoms with Crippen LogP contribution in [0.1, 0.15) is 0 Å². The highest BCUT2D eigenvalue weighted by Crippen LogP contribution is 2.37. The van der Waals surface area contributed by atoms with Gasteiger partial charge in [-0.25, -0.2) is 4.98 Å². The molecule has 0 unspecified atom stereocenters. The number of rotatable bonds is 6. The van der Waals surface area contributed by atoms with Crippen molar-refractivity contribution in [3.8, 4) is 33.3 Å². The van der Waals surface area contributed by atoms with E-state index < -0.39 is 0 Å². The summed E-state index contributed by atoms with van der Waals surface area (Å²) in [5.74, 6) is 0.468. The van der Waals surface area contributed by atoms with Crippen LogP contribution < -0.4 is 19.7 Å². The van der Waals surface area contributed by atoms with Gasteiger partial charge in [-0.2, -0.15) is 0 Å². The van der Waals surface area contributed by atoms with Crippen LogP contribution in [0.5, 0.6) is 11.5 Å². The quantitative estimate of drug-likeness (QED) is 0.435. The molecule has 0 saturated carbocycles. The third-order valence-corrected chi connectivity index (χ3v) is 6.30. The predicted molar refractivity (Wildman–Crippen MR) is 132 cm³/mol. The van der Waals surface area contributed by atoms with E-state index in [1.165, 1.54) is 12.0 Å². The summed E-state index contributed by atoms with van der Waals surface area (Å²) in [6.45, 7) is -0.272. The Labute approximate surface area is 200 Å². The number of fused-ring (bicyclic) bond motifs is 1. The molecule has 0 spiro atoms. The molecule has 0 fully saturated rings. The molecular formula is C26H21N3O4S. The van der Waals surface area contributed by atoms with Crippen molar-refractivity contribution in [1.29, 1.82) is 0 Å². The average molecular weight is 472 g/mol. The monoisotopic (exact) mass is 471 g/mol. The van der Waals surface area contributed by atoms with Crippen molar-refractivity contribution in [3.63, 3.8) is 0 Å². The molecule has 0 aliphatic carbocycles. The Morgan fingerprint density at radius 1 is 1.09 bits per heavy atom. The van der Waals surface area contributed by atoms with E-state index in [-0.39, 0.29) is 25.0 Å². The van der Waals surface area contributed by atoms with E-state index in [4.69, 9.17) is 14.5 Å². The Bertz CT molecular complexity index is 1350. The van der Waals surface area contributed by atoms with Crippen LogP contribution in [0, 0.1) is 0 Å². The van der Waals surface area contributed by atoms with Gasteiger partial charge in [0.15, 0.2) is 6.61 Å². The van der Waals surface area contributed by atoms with Crippen LogP contribution >= 0.6 is 11.3 Å². The number of aromatic nitrogens is 1. The standard InChI is InChI=1S/C26H21N3O4S/c1-32-22-10-6-5-9-19(22)27-24(30)14-29-21-13-18(11-12-23(21)33-15-25(29)31)20-16-34-26(28-20)17-7-3-2-4-8-17/h2-13,16H,14-15H2,1H3,(H,27,30). The SMILES string of the molecule is COc1ccccc1NC(=O)CN1C(=O)COc2ccc(-c3csc(-c4ccccc4)n3)cc21. The third-order valence-electron chi connectivity index (χ3n) is 5.41. The van der Waals surface area contributed by atoms with Crippen molar-refractivity contribution in [2.75, 3.05) is 30.5 Å². The van der Waals surface area contributed by atoms with Crippen LogP contribution in [0.25, 0.3) is 21.8 Å². The van der Waals surface area contributed by atoms with Crippen molar-refractivity contribution in [2.45, 2.75) is 0 Å². The van der Waals surface area contributed by atoms with Crippen LogP contribution in [0.4, 0.5) is 11.4 Å². The molecule has 0 bridgehead atoms. The number of para-hydroxylation sites is 2. The minimum atomic E-state index is -0.337. The second-order valence-electron chi connectivity index (χ2n) is 7.60. The highest BCUT2D eigenvalue weighted by Gasteiger charge is 2.28. The highest BCUT2D eigenvalue weighted by atomic mass is 32.1. The van der Waals surface area contributed by atoms with E-state index in [1.807, 2.05) is 60.0 Å². The lowest BCUT2D eigenvalue weighted by Gasteiger charge is -2.29. The number of amides is 2. The van der Waals surface area contributed by atoms with E-state index in [9.17, 15) is 9.59 Å². The van der Waals surface area contributed by atoms with Crippen LogP contribution in [0.3, 0.4) is 0 Å². The second-order valence-corrected chi connectivity index (χ2v) is 8.46. The fourth-order valence-corrected chi connectivity index (χ4v) is 4.57. The number of methoxy groups -OCH3 is 1. The molecule has 2 amide bonds. The fourth-order valence-electron chi connectivity index (χ4n) is 3.74. The number of ether oxygens (including phenoxy) is 2. The predicted octanol–water partition coefficient (Wildman–Crippen LogP) is 4.85. The molecule has 5 rings (SSSR count). The lowest BCUT2D eigenvalue weighted by atomic mass is 10.1. The molecule has 4 aromatic rings. The zero-order valence-corrected chi connectivity index (χ0v) is 19.2. The van der Waals surface area contributed by atoms with Gasteiger partial charge in [-0.15, -0.1) is 11.3 Å². The minimum Gasteiger partial charge on any atom is -0.495 e. The highest BCUT2D eigenvalue weighted by molar-refractivity contribution is 7.13. The number of nitrogens with zero attached hydrogens (tertiary/aromatic N) is 2. The maximum absolute atomic E-state index is 12.8. The number of benzene rings is 3. The first-order chi connectivity index (χ1) is 16.6. The van der Waals surface area contributed by atoms with Gasteiger partial charge in [0, 0.05) is 16.5 Å². The number of anilines is 2. The summed E-state index contributed by atoms with van der Waals surface area (Å²) in [4.78, 5) is 31.7. The molecule has 3 aromatic carbocycles. The lowest BCUT2D eigenvalue weighted by Crippen LogP contribution is -2.43. The molecule has 1 aliphatic heterocycles. The zero-order valence-electron chi connectivity index (χ0n) is 18.4. The molecule has 1 aromatic heterocycles. The van der Waals surface area contributed by atoms with Crippen molar-refractivity contribution in [1.82, 2.24) is 4.98 Å². The van der Waals surface area contributed by atoms with Gasteiger partial charge in [0.2, 0.25) is 5.91 Å². The summed E-state index contributed by atoms with van der Waals surface area (Å²) < 4.78 is 10.9. The Morgan fingerprint density at radius 2 is 1.88 bits per heavy atom. The molecule has 170 valence electrons. The first-order valence-corrected chi connectivity index (χ1v) is 11.5. The van der Waals surface area contributed by atoms with E-state index in [0.29, 0.717) is 22.9 Å². The first kappa shape index (κ1) is 21.7. The van der Waals surface area contributed by atoms with Crippen LogP contribution in [-0.2, 0) is 9.59 Å². The van der Waals surface area contributed by atoms with Crippen LogP contribution in [-0.4, -0.2) is 37.1 Å². The molecule has 0 saturated heterocycles. The molecule has 7 nitrogen and oxygen atoms in total. The zero-order chi connectivity index (χ0) is 23.5. The van der Waals surface area contributed by atoms with Crippen LogP contribution in [0.15, 0.2) is 78.2 Å². The van der Waals surface area contributed by atoms with E-state index >= 15 is 0 Å². The molecule has 0 atom stereocenters. The summed E-state index contributed by atoms with van der Waals surface area (Å²) in [5.41, 5.74) is 3.76.